The van der Waals surface area contributed by atoms with Crippen LogP contribution in [0.15, 0.2) is 42.7 Å². The van der Waals surface area contributed by atoms with Gasteiger partial charge >= 0.3 is 0 Å². The van der Waals surface area contributed by atoms with Crippen LogP contribution in [-0.4, -0.2) is 35.0 Å². The molecule has 0 bridgehead atoms. The van der Waals surface area contributed by atoms with E-state index in [1.807, 2.05) is 24.3 Å². The van der Waals surface area contributed by atoms with Crippen LogP contribution in [0.1, 0.15) is 48.5 Å². The molecule has 1 aliphatic heterocycles. The first-order chi connectivity index (χ1) is 12.2. The van der Waals surface area contributed by atoms with E-state index in [1.165, 1.54) is 18.4 Å². The molecule has 0 radical (unpaired) electrons. The van der Waals surface area contributed by atoms with Crippen LogP contribution < -0.4 is 10.2 Å². The molecule has 1 N–H and O–H groups in total. The number of benzene rings is 1. The van der Waals surface area contributed by atoms with Crippen LogP contribution >= 0.6 is 0 Å². The number of hydrogen-bond acceptors (Lipinski definition) is 4. The topological polar surface area (TPSA) is 58.1 Å². The number of anilines is 1. The summed E-state index contributed by atoms with van der Waals surface area (Å²) in [6, 6.07) is 9.99. The fourth-order valence-corrected chi connectivity index (χ4v) is 3.66. The van der Waals surface area contributed by atoms with Crippen LogP contribution in [0.2, 0.25) is 0 Å². The van der Waals surface area contributed by atoms with Crippen molar-refractivity contribution in [3.05, 3.63) is 53.9 Å². The van der Waals surface area contributed by atoms with Crippen molar-refractivity contribution in [2.45, 2.75) is 44.1 Å². The molecule has 1 atom stereocenters. The minimum absolute atomic E-state index is 0.0459. The highest BCUT2D eigenvalue weighted by molar-refractivity contribution is 5.96. The molecule has 2 fully saturated rings. The van der Waals surface area contributed by atoms with E-state index in [2.05, 4.69) is 33.2 Å². The zero-order valence-electron chi connectivity index (χ0n) is 14.6. The van der Waals surface area contributed by atoms with Gasteiger partial charge in [-0.2, -0.15) is 0 Å². The van der Waals surface area contributed by atoms with Gasteiger partial charge in [-0.25, -0.2) is 9.97 Å². The molecule has 25 heavy (non-hydrogen) atoms. The first-order valence-corrected chi connectivity index (χ1v) is 9.08. The van der Waals surface area contributed by atoms with E-state index in [9.17, 15) is 4.79 Å². The minimum atomic E-state index is 0.0459. The van der Waals surface area contributed by atoms with Crippen molar-refractivity contribution in [2.75, 3.05) is 18.0 Å². The molecule has 1 saturated carbocycles. The van der Waals surface area contributed by atoms with Gasteiger partial charge in [-0.15, -0.1) is 0 Å². The average Bonchev–Trinajstić information content (AvgIpc) is 3.41. The van der Waals surface area contributed by atoms with Gasteiger partial charge in [0.15, 0.2) is 0 Å². The number of nitrogens with zero attached hydrogens (tertiary/aromatic N) is 3. The van der Waals surface area contributed by atoms with Crippen LogP contribution in [0.25, 0.3) is 0 Å². The summed E-state index contributed by atoms with van der Waals surface area (Å²) in [4.78, 5) is 23.7. The minimum Gasteiger partial charge on any atom is -0.348 e. The SMILES string of the molecule is CC1(c2ccccc2C(=O)NC2CCCN(c3ncccn3)C2)CC1. The van der Waals surface area contributed by atoms with Gasteiger partial charge in [0.1, 0.15) is 0 Å². The van der Waals surface area contributed by atoms with E-state index in [4.69, 9.17) is 0 Å². The lowest BCUT2D eigenvalue weighted by atomic mass is 9.92. The largest absolute Gasteiger partial charge is 0.348 e. The second-order valence-electron chi connectivity index (χ2n) is 7.41. The fraction of sp³-hybridized carbons (Fsp3) is 0.450. The summed E-state index contributed by atoms with van der Waals surface area (Å²) < 4.78 is 0. The molecule has 5 nitrogen and oxygen atoms in total. The third kappa shape index (κ3) is 3.36. The van der Waals surface area contributed by atoms with Crippen molar-refractivity contribution in [1.82, 2.24) is 15.3 Å². The Morgan fingerprint density at radius 3 is 2.72 bits per heavy atom. The number of piperidine rings is 1. The van der Waals surface area contributed by atoms with Gasteiger partial charge in [0.2, 0.25) is 5.95 Å². The van der Waals surface area contributed by atoms with E-state index in [-0.39, 0.29) is 17.4 Å². The summed E-state index contributed by atoms with van der Waals surface area (Å²) in [6.45, 7) is 3.94. The first kappa shape index (κ1) is 16.1. The Morgan fingerprint density at radius 2 is 1.96 bits per heavy atom. The van der Waals surface area contributed by atoms with E-state index < -0.39 is 0 Å². The summed E-state index contributed by atoms with van der Waals surface area (Å²) in [6.07, 6.45) is 7.88. The quantitative estimate of drug-likeness (QED) is 0.933. The van der Waals surface area contributed by atoms with Gasteiger partial charge in [0.05, 0.1) is 0 Å². The molecule has 1 aromatic heterocycles. The van der Waals surface area contributed by atoms with Crippen LogP contribution in [-0.2, 0) is 5.41 Å². The highest BCUT2D eigenvalue weighted by Crippen LogP contribution is 2.48. The third-order valence-corrected chi connectivity index (χ3v) is 5.41. The maximum atomic E-state index is 12.9. The van der Waals surface area contributed by atoms with E-state index in [0.29, 0.717) is 0 Å². The summed E-state index contributed by atoms with van der Waals surface area (Å²) in [7, 11) is 0. The number of nitrogens with one attached hydrogen (secondary N) is 1. The molecule has 1 amide bonds. The van der Waals surface area contributed by atoms with Crippen LogP contribution in [0, 0.1) is 0 Å². The van der Waals surface area contributed by atoms with Crippen molar-refractivity contribution in [1.29, 1.82) is 0 Å². The van der Waals surface area contributed by atoms with Crippen LogP contribution in [0.4, 0.5) is 5.95 Å². The molecule has 1 aliphatic carbocycles. The zero-order chi connectivity index (χ0) is 17.3. The van der Waals surface area contributed by atoms with Crippen molar-refractivity contribution in [3.8, 4) is 0 Å². The monoisotopic (exact) mass is 336 g/mol. The maximum absolute atomic E-state index is 12.9. The highest BCUT2D eigenvalue weighted by Gasteiger charge is 2.41. The molecular formula is C20H24N4O. The van der Waals surface area contributed by atoms with Crippen LogP contribution in [0.3, 0.4) is 0 Å². The lowest BCUT2D eigenvalue weighted by Crippen LogP contribution is -2.48. The predicted molar refractivity (Wildman–Crippen MR) is 97.8 cm³/mol. The molecule has 5 heteroatoms. The molecular weight excluding hydrogens is 312 g/mol. The van der Waals surface area contributed by atoms with E-state index in [1.54, 1.807) is 12.4 Å². The average molecular weight is 336 g/mol. The maximum Gasteiger partial charge on any atom is 0.251 e. The van der Waals surface area contributed by atoms with Crippen molar-refractivity contribution >= 4 is 11.9 Å². The van der Waals surface area contributed by atoms with Gasteiger partial charge in [-0.05, 0) is 48.8 Å². The Hall–Kier alpha value is -2.43. The Balaban J connectivity index is 1.46. The molecule has 4 rings (SSSR count). The van der Waals surface area contributed by atoms with E-state index in [0.717, 1.165) is 37.4 Å². The molecule has 1 unspecified atom stereocenters. The summed E-state index contributed by atoms with van der Waals surface area (Å²) >= 11 is 0. The van der Waals surface area contributed by atoms with Gasteiger partial charge < -0.3 is 10.2 Å². The second-order valence-corrected chi connectivity index (χ2v) is 7.41. The first-order valence-electron chi connectivity index (χ1n) is 9.08. The van der Waals surface area contributed by atoms with Crippen molar-refractivity contribution in [2.24, 2.45) is 0 Å². The third-order valence-electron chi connectivity index (χ3n) is 5.41. The number of aromatic nitrogens is 2. The highest BCUT2D eigenvalue weighted by atomic mass is 16.1. The fourth-order valence-electron chi connectivity index (χ4n) is 3.66. The number of carbonyl (C=O) groups is 1. The standard InChI is InChI=1S/C20H24N4O/c1-20(9-10-20)17-8-3-2-7-16(17)18(25)23-15-6-4-13-24(14-15)19-21-11-5-12-22-19/h2-3,5,7-8,11-12,15H,4,6,9-10,13-14H2,1H3,(H,23,25). The van der Waals surface area contributed by atoms with Gasteiger partial charge in [0, 0.05) is 37.1 Å². The lowest BCUT2D eigenvalue weighted by Gasteiger charge is -2.33. The number of amides is 1. The van der Waals surface area contributed by atoms with Gasteiger partial charge in [-0.3, -0.25) is 4.79 Å². The number of carbonyl (C=O) groups excluding carboxylic acids is 1. The Labute approximate surface area is 148 Å². The molecule has 2 heterocycles. The van der Waals surface area contributed by atoms with Crippen molar-refractivity contribution < 1.29 is 4.79 Å². The summed E-state index contributed by atoms with van der Waals surface area (Å²) in [5.74, 6) is 0.789. The Kier molecular flexibility index (Phi) is 4.15. The molecule has 130 valence electrons. The lowest BCUT2D eigenvalue weighted by molar-refractivity contribution is 0.0931. The van der Waals surface area contributed by atoms with Gasteiger partial charge in [-0.1, -0.05) is 25.1 Å². The molecule has 0 spiro atoms. The zero-order valence-corrected chi connectivity index (χ0v) is 14.6. The Morgan fingerprint density at radius 1 is 1.20 bits per heavy atom. The number of hydrogen-bond donors (Lipinski definition) is 1. The van der Waals surface area contributed by atoms with Crippen LogP contribution in [0.5, 0.6) is 0 Å². The summed E-state index contributed by atoms with van der Waals surface area (Å²) in [5.41, 5.74) is 2.20. The molecule has 2 aromatic rings. The normalized spacial score (nSPS) is 21.6. The Bertz CT molecular complexity index is 757. The smallest absolute Gasteiger partial charge is 0.251 e. The summed E-state index contributed by atoms with van der Waals surface area (Å²) in [5, 5.41) is 3.24. The van der Waals surface area contributed by atoms with Gasteiger partial charge in [0.25, 0.3) is 5.91 Å². The second kappa shape index (κ2) is 6.47. The van der Waals surface area contributed by atoms with Crippen molar-refractivity contribution in [3.63, 3.8) is 0 Å². The molecule has 1 saturated heterocycles. The molecule has 2 aliphatic rings. The predicted octanol–water partition coefficient (Wildman–Crippen LogP) is 2.93. The van der Waals surface area contributed by atoms with E-state index >= 15 is 0 Å². The molecule has 1 aromatic carbocycles. The number of rotatable bonds is 4.